The maximum absolute atomic E-state index is 12.7. The van der Waals surface area contributed by atoms with Crippen LogP contribution in [-0.4, -0.2) is 71.7 Å². The number of nitrogens with zero attached hydrogens (tertiary/aromatic N) is 1. The summed E-state index contributed by atoms with van der Waals surface area (Å²) in [7, 11) is 3.52. The highest BCUT2D eigenvalue weighted by atomic mass is 33.1. The van der Waals surface area contributed by atoms with E-state index in [-0.39, 0.29) is 29.8 Å². The molecule has 0 aliphatic carbocycles. The number of fused-ring (bicyclic) bond motifs is 1. The molecule has 1 fully saturated rings. The monoisotopic (exact) mass is 514 g/mol. The van der Waals surface area contributed by atoms with Crippen LogP contribution in [0.25, 0.3) is 0 Å². The number of thioether (sulfide) groups is 1. The molecule has 0 bridgehead atoms. The van der Waals surface area contributed by atoms with E-state index in [1.165, 1.54) is 18.1 Å². The molecule has 0 aromatic heterocycles. The number of hydrogen-bond donors (Lipinski definition) is 3. The largest absolute Gasteiger partial charge is 0.369 e. The molecule has 2 aliphatic rings. The number of aldehydes is 1. The molecule has 3 atom stereocenters. The molecule has 10 heteroatoms. The third-order valence-electron chi connectivity index (χ3n) is 5.21. The number of carbonyl (C=O) groups excluding carboxylic acids is 3. The van der Waals surface area contributed by atoms with Crippen molar-refractivity contribution in [2.45, 2.75) is 45.3 Å². The first kappa shape index (κ1) is 29.8. The Bertz CT molecular complexity index is 739. The summed E-state index contributed by atoms with van der Waals surface area (Å²) in [5.74, 6) is 2.84. The van der Waals surface area contributed by atoms with Crippen LogP contribution < -0.4 is 16.8 Å². The summed E-state index contributed by atoms with van der Waals surface area (Å²) in [4.78, 5) is 33.9. The number of nitrogens with two attached hydrogens (primary N) is 2. The summed E-state index contributed by atoms with van der Waals surface area (Å²) < 4.78 is 0. The number of benzene rings is 1. The Balaban J connectivity index is 0.000000382. The predicted molar refractivity (Wildman–Crippen MR) is 143 cm³/mol. The Morgan fingerprint density at radius 3 is 2.55 bits per heavy atom. The van der Waals surface area contributed by atoms with Crippen LogP contribution >= 0.6 is 33.3 Å². The third-order valence-corrected chi connectivity index (χ3v) is 8.37. The van der Waals surface area contributed by atoms with Crippen molar-refractivity contribution in [3.05, 3.63) is 35.4 Å². The minimum Gasteiger partial charge on any atom is -0.369 e. The fourth-order valence-electron chi connectivity index (χ4n) is 3.16. The molecule has 0 saturated carbocycles. The quantitative estimate of drug-likeness (QED) is 0.405. The molecule has 2 aliphatic heterocycles. The van der Waals surface area contributed by atoms with Gasteiger partial charge in [-0.1, -0.05) is 52.8 Å². The van der Waals surface area contributed by atoms with Gasteiger partial charge in [0, 0.05) is 43.1 Å². The van der Waals surface area contributed by atoms with Gasteiger partial charge in [-0.3, -0.25) is 9.59 Å². The molecular formula is C23H38N4O3S3. The van der Waals surface area contributed by atoms with Gasteiger partial charge in [-0.2, -0.15) is 11.8 Å². The number of primary amides is 1. The zero-order valence-corrected chi connectivity index (χ0v) is 22.3. The van der Waals surface area contributed by atoms with Crippen molar-refractivity contribution in [1.29, 1.82) is 0 Å². The molecule has 3 rings (SSSR count). The lowest BCUT2D eigenvalue weighted by atomic mass is 9.99. The van der Waals surface area contributed by atoms with Crippen LogP contribution in [0.3, 0.4) is 0 Å². The standard InChI is InChI=1S/C15H21N3OS2.C6H13NOS.C2H4O/c16-13-7-17-14(10-21-20-9-13)15(19)18-6-5-11-3-1-2-4-12(11)8-18;1-5(6(7)8)3-4-9-2;1-2-3/h1-4,13-14,17H,5-10,16H2;5H,3-4H2,1-2H3,(H2,7,8);2H,1H3/t13-,14+;5-;/m10./s1. The van der Waals surface area contributed by atoms with Crippen LogP contribution in [0.4, 0.5) is 0 Å². The molecule has 0 radical (unpaired) electrons. The van der Waals surface area contributed by atoms with Gasteiger partial charge in [-0.25, -0.2) is 0 Å². The number of carbonyl (C=O) groups is 3. The van der Waals surface area contributed by atoms with Gasteiger partial charge in [0.05, 0.1) is 6.04 Å². The lowest BCUT2D eigenvalue weighted by Gasteiger charge is -2.33. The second-order valence-electron chi connectivity index (χ2n) is 7.89. The van der Waals surface area contributed by atoms with Crippen molar-refractivity contribution in [2.75, 3.05) is 36.6 Å². The molecule has 0 unspecified atom stereocenters. The molecule has 33 heavy (non-hydrogen) atoms. The van der Waals surface area contributed by atoms with Crippen LogP contribution in [-0.2, 0) is 27.3 Å². The van der Waals surface area contributed by atoms with Gasteiger partial charge in [-0.05, 0) is 42.9 Å². The number of amides is 2. The predicted octanol–water partition coefficient (Wildman–Crippen LogP) is 2.32. The van der Waals surface area contributed by atoms with E-state index in [0.29, 0.717) is 6.54 Å². The van der Waals surface area contributed by atoms with Crippen molar-refractivity contribution >= 4 is 51.5 Å². The summed E-state index contributed by atoms with van der Waals surface area (Å²) in [6.07, 6.45) is 4.63. The minimum atomic E-state index is -0.191. The van der Waals surface area contributed by atoms with Gasteiger partial charge in [-0.15, -0.1) is 0 Å². The summed E-state index contributed by atoms with van der Waals surface area (Å²) >= 11 is 1.74. The molecule has 1 saturated heterocycles. The van der Waals surface area contributed by atoms with Gasteiger partial charge < -0.3 is 26.5 Å². The van der Waals surface area contributed by atoms with Crippen molar-refractivity contribution < 1.29 is 14.4 Å². The second-order valence-corrected chi connectivity index (χ2v) is 11.4. The first-order chi connectivity index (χ1) is 15.8. The molecule has 0 spiro atoms. The average Bonchev–Trinajstić information content (AvgIpc) is 2.80. The number of rotatable bonds is 5. The molecule has 1 aromatic carbocycles. The van der Waals surface area contributed by atoms with Crippen LogP contribution in [0, 0.1) is 5.92 Å². The van der Waals surface area contributed by atoms with Crippen molar-refractivity contribution in [1.82, 2.24) is 10.2 Å². The summed E-state index contributed by atoms with van der Waals surface area (Å²) in [5, 5.41) is 3.34. The van der Waals surface area contributed by atoms with E-state index in [9.17, 15) is 9.59 Å². The average molecular weight is 515 g/mol. The molecule has 2 heterocycles. The van der Waals surface area contributed by atoms with E-state index in [2.05, 4.69) is 23.5 Å². The SMILES string of the molecule is CC=O.CSCC[C@H](C)C(N)=O.N[C@@H]1CN[C@H](C(=O)N2CCc3ccccc3C2)CSSC1. The minimum absolute atomic E-state index is 0.0393. The summed E-state index contributed by atoms with van der Waals surface area (Å²) in [6, 6.07) is 8.42. The van der Waals surface area contributed by atoms with Gasteiger partial charge in [0.15, 0.2) is 0 Å². The van der Waals surface area contributed by atoms with Crippen molar-refractivity contribution in [2.24, 2.45) is 17.4 Å². The lowest BCUT2D eigenvalue weighted by molar-refractivity contribution is -0.133. The molecular weight excluding hydrogens is 476 g/mol. The van der Waals surface area contributed by atoms with Gasteiger partial charge >= 0.3 is 0 Å². The molecule has 5 N–H and O–H groups in total. The fraction of sp³-hybridized carbons (Fsp3) is 0.609. The highest BCUT2D eigenvalue weighted by Crippen LogP contribution is 2.25. The van der Waals surface area contributed by atoms with Gasteiger partial charge in [0.2, 0.25) is 11.8 Å². The Morgan fingerprint density at radius 1 is 1.27 bits per heavy atom. The van der Waals surface area contributed by atoms with Gasteiger partial charge in [0.25, 0.3) is 0 Å². The van der Waals surface area contributed by atoms with Crippen LogP contribution in [0.1, 0.15) is 31.4 Å². The second kappa shape index (κ2) is 17.3. The third kappa shape index (κ3) is 11.7. The molecule has 2 amide bonds. The Labute approximate surface area is 210 Å². The molecule has 186 valence electrons. The van der Waals surface area contributed by atoms with Crippen LogP contribution in [0.5, 0.6) is 0 Å². The number of nitrogens with one attached hydrogen (secondary N) is 1. The fourth-order valence-corrected chi connectivity index (χ4v) is 6.14. The van der Waals surface area contributed by atoms with E-state index in [4.69, 9.17) is 16.3 Å². The van der Waals surface area contributed by atoms with Crippen LogP contribution in [0.2, 0.25) is 0 Å². The highest BCUT2D eigenvalue weighted by Gasteiger charge is 2.28. The topological polar surface area (TPSA) is 119 Å². The first-order valence-electron chi connectivity index (χ1n) is 11.1. The Kier molecular flexibility index (Phi) is 15.6. The van der Waals surface area contributed by atoms with Crippen molar-refractivity contribution in [3.8, 4) is 0 Å². The molecule has 1 aromatic rings. The molecule has 7 nitrogen and oxygen atoms in total. The maximum Gasteiger partial charge on any atom is 0.240 e. The van der Waals surface area contributed by atoms with E-state index in [1.54, 1.807) is 33.3 Å². The van der Waals surface area contributed by atoms with E-state index in [0.717, 1.165) is 49.5 Å². The maximum atomic E-state index is 12.7. The van der Waals surface area contributed by atoms with Crippen molar-refractivity contribution in [3.63, 3.8) is 0 Å². The smallest absolute Gasteiger partial charge is 0.240 e. The summed E-state index contributed by atoms with van der Waals surface area (Å²) in [6.45, 7) is 5.57. The summed E-state index contributed by atoms with van der Waals surface area (Å²) in [5.41, 5.74) is 13.7. The highest BCUT2D eigenvalue weighted by molar-refractivity contribution is 8.76. The van der Waals surface area contributed by atoms with E-state index < -0.39 is 0 Å². The number of hydrogen-bond acceptors (Lipinski definition) is 8. The normalized spacial score (nSPS) is 20.9. The van der Waals surface area contributed by atoms with Gasteiger partial charge in [0.1, 0.15) is 6.29 Å². The Morgan fingerprint density at radius 2 is 1.91 bits per heavy atom. The zero-order chi connectivity index (χ0) is 24.6. The zero-order valence-electron chi connectivity index (χ0n) is 19.8. The Hall–Kier alpha value is -1.20. The van der Waals surface area contributed by atoms with Crippen LogP contribution in [0.15, 0.2) is 24.3 Å². The lowest BCUT2D eigenvalue weighted by Crippen LogP contribution is -2.52. The van der Waals surface area contributed by atoms with E-state index >= 15 is 0 Å². The van der Waals surface area contributed by atoms with E-state index in [1.807, 2.05) is 24.1 Å². The first-order valence-corrected chi connectivity index (χ1v) is 15.0.